The first-order valence-electron chi connectivity index (χ1n) is 4.01. The van der Waals surface area contributed by atoms with E-state index >= 15 is 0 Å². The highest BCUT2D eigenvalue weighted by molar-refractivity contribution is 5.44. The first-order chi connectivity index (χ1) is 6.65. The number of nitrogen functional groups attached to an aromatic ring is 1. The van der Waals surface area contributed by atoms with E-state index in [-0.39, 0.29) is 18.9 Å². The summed E-state index contributed by atoms with van der Waals surface area (Å²) in [6.45, 7) is 0.359. The molecule has 0 aliphatic heterocycles. The number of hydrogen-bond donors (Lipinski definition) is 1. The molecule has 0 radical (unpaired) electrons. The van der Waals surface area contributed by atoms with E-state index in [1.54, 1.807) is 0 Å². The topological polar surface area (TPSA) is 44.5 Å². The van der Waals surface area contributed by atoms with Gasteiger partial charge in [0.2, 0.25) is 0 Å². The molecular weight excluding hydrogens is 192 g/mol. The molecule has 78 valence electrons. The fourth-order valence-electron chi connectivity index (χ4n) is 0.944. The number of halogens is 2. The lowest BCUT2D eigenvalue weighted by molar-refractivity contribution is 0.141. The summed E-state index contributed by atoms with van der Waals surface area (Å²) in [6, 6.07) is 2.01. The molecule has 2 N–H and O–H groups in total. The zero-order valence-corrected chi connectivity index (χ0v) is 7.72. The van der Waals surface area contributed by atoms with Gasteiger partial charge in [-0.25, -0.2) is 8.78 Å². The number of ether oxygens (including phenoxy) is 2. The number of rotatable bonds is 4. The second kappa shape index (κ2) is 4.76. The number of nitrogens with two attached hydrogens (primary N) is 1. The highest BCUT2D eigenvalue weighted by Crippen LogP contribution is 2.24. The average molecular weight is 203 g/mol. The van der Waals surface area contributed by atoms with Crippen molar-refractivity contribution in [3.63, 3.8) is 0 Å². The Morgan fingerprint density at radius 3 is 2.29 bits per heavy atom. The molecule has 3 nitrogen and oxygen atoms in total. The van der Waals surface area contributed by atoms with Crippen molar-refractivity contribution in [1.82, 2.24) is 0 Å². The Balaban J connectivity index is 2.75. The Labute approximate surface area is 80.4 Å². The van der Waals surface area contributed by atoms with Crippen molar-refractivity contribution < 1.29 is 18.3 Å². The lowest BCUT2D eigenvalue weighted by atomic mass is 10.3. The average Bonchev–Trinajstić information content (AvgIpc) is 2.09. The van der Waals surface area contributed by atoms with Crippen molar-refractivity contribution in [3.05, 3.63) is 23.8 Å². The van der Waals surface area contributed by atoms with Gasteiger partial charge in [-0.1, -0.05) is 0 Å². The van der Waals surface area contributed by atoms with Gasteiger partial charge < -0.3 is 15.2 Å². The van der Waals surface area contributed by atoms with Crippen LogP contribution in [0.1, 0.15) is 0 Å². The van der Waals surface area contributed by atoms with Gasteiger partial charge in [-0.3, -0.25) is 0 Å². The monoisotopic (exact) mass is 203 g/mol. The van der Waals surface area contributed by atoms with Crippen LogP contribution in [0.15, 0.2) is 12.1 Å². The summed E-state index contributed by atoms with van der Waals surface area (Å²) < 4.78 is 35.6. The molecular formula is C9H11F2NO2. The molecule has 0 aliphatic rings. The normalized spacial score (nSPS) is 10.2. The molecule has 14 heavy (non-hydrogen) atoms. The third-order valence-corrected chi connectivity index (χ3v) is 1.55. The molecule has 1 aromatic carbocycles. The largest absolute Gasteiger partial charge is 0.485 e. The molecule has 0 heterocycles. The van der Waals surface area contributed by atoms with Gasteiger partial charge in [-0.05, 0) is 0 Å². The summed E-state index contributed by atoms with van der Waals surface area (Å²) in [5.41, 5.74) is 5.25. The minimum Gasteiger partial charge on any atom is -0.485 e. The van der Waals surface area contributed by atoms with Crippen molar-refractivity contribution in [2.24, 2.45) is 0 Å². The summed E-state index contributed by atoms with van der Waals surface area (Å²) >= 11 is 0. The van der Waals surface area contributed by atoms with Gasteiger partial charge >= 0.3 is 0 Å². The van der Waals surface area contributed by atoms with Crippen LogP contribution in [0.5, 0.6) is 5.75 Å². The van der Waals surface area contributed by atoms with Gasteiger partial charge in [0.25, 0.3) is 0 Å². The minimum atomic E-state index is -0.807. The standard InChI is InChI=1S/C9H11F2NO2/c1-13-2-3-14-9-7(10)4-6(12)5-8(9)11/h4-5H,2-3,12H2,1H3. The Kier molecular flexibility index (Phi) is 3.64. The lowest BCUT2D eigenvalue weighted by Gasteiger charge is -2.08. The number of anilines is 1. The van der Waals surface area contributed by atoms with Gasteiger partial charge in [0.05, 0.1) is 6.61 Å². The first-order valence-corrected chi connectivity index (χ1v) is 4.01. The van der Waals surface area contributed by atoms with Crippen molar-refractivity contribution in [1.29, 1.82) is 0 Å². The van der Waals surface area contributed by atoms with E-state index in [2.05, 4.69) is 4.74 Å². The van der Waals surface area contributed by atoms with Gasteiger partial charge in [-0.15, -0.1) is 0 Å². The van der Waals surface area contributed by atoms with Gasteiger partial charge in [0, 0.05) is 24.9 Å². The number of benzene rings is 1. The number of methoxy groups -OCH3 is 1. The van der Waals surface area contributed by atoms with Crippen LogP contribution in [0.4, 0.5) is 14.5 Å². The Morgan fingerprint density at radius 2 is 1.79 bits per heavy atom. The molecule has 1 rings (SSSR count). The molecule has 0 aromatic heterocycles. The van der Waals surface area contributed by atoms with E-state index in [1.807, 2.05) is 0 Å². The Morgan fingerprint density at radius 1 is 1.21 bits per heavy atom. The molecule has 0 aliphatic carbocycles. The molecule has 0 fully saturated rings. The second-order valence-electron chi connectivity index (χ2n) is 2.65. The quantitative estimate of drug-likeness (QED) is 0.596. The summed E-state index contributed by atoms with van der Waals surface area (Å²) in [5.74, 6) is -2.03. The Bertz CT molecular complexity index is 295. The fourth-order valence-corrected chi connectivity index (χ4v) is 0.944. The summed E-state index contributed by atoms with van der Waals surface area (Å²) in [4.78, 5) is 0. The van der Waals surface area contributed by atoms with Crippen LogP contribution >= 0.6 is 0 Å². The first kappa shape index (κ1) is 10.7. The highest BCUT2D eigenvalue weighted by Gasteiger charge is 2.11. The van der Waals surface area contributed by atoms with E-state index in [0.717, 1.165) is 12.1 Å². The van der Waals surface area contributed by atoms with Crippen LogP contribution in [0.2, 0.25) is 0 Å². The highest BCUT2D eigenvalue weighted by atomic mass is 19.1. The zero-order valence-electron chi connectivity index (χ0n) is 7.72. The molecule has 0 saturated heterocycles. The number of hydrogen-bond acceptors (Lipinski definition) is 3. The van der Waals surface area contributed by atoms with Crippen LogP contribution < -0.4 is 10.5 Å². The fraction of sp³-hybridized carbons (Fsp3) is 0.333. The van der Waals surface area contributed by atoms with E-state index in [4.69, 9.17) is 10.5 Å². The maximum Gasteiger partial charge on any atom is 0.190 e. The predicted octanol–water partition coefficient (Wildman–Crippen LogP) is 1.57. The van der Waals surface area contributed by atoms with Crippen LogP contribution in [-0.4, -0.2) is 20.3 Å². The SMILES string of the molecule is COCCOc1c(F)cc(N)cc1F. The summed E-state index contributed by atoms with van der Waals surface area (Å²) in [5, 5.41) is 0. The maximum atomic E-state index is 13.1. The molecule has 0 saturated carbocycles. The smallest absolute Gasteiger partial charge is 0.190 e. The lowest BCUT2D eigenvalue weighted by Crippen LogP contribution is -2.07. The molecule has 0 amide bonds. The van der Waals surface area contributed by atoms with Crippen molar-refractivity contribution in [2.45, 2.75) is 0 Å². The van der Waals surface area contributed by atoms with E-state index in [1.165, 1.54) is 7.11 Å². The predicted molar refractivity (Wildman–Crippen MR) is 48.1 cm³/mol. The van der Waals surface area contributed by atoms with Gasteiger partial charge in [-0.2, -0.15) is 0 Å². The van der Waals surface area contributed by atoms with Crippen LogP contribution in [0.25, 0.3) is 0 Å². The van der Waals surface area contributed by atoms with Crippen molar-refractivity contribution in [2.75, 3.05) is 26.1 Å². The molecule has 0 spiro atoms. The molecule has 0 unspecified atom stereocenters. The summed E-state index contributed by atoms with van der Waals surface area (Å²) in [7, 11) is 1.47. The molecule has 1 aromatic rings. The van der Waals surface area contributed by atoms with E-state index in [9.17, 15) is 8.78 Å². The molecule has 0 atom stereocenters. The van der Waals surface area contributed by atoms with Crippen LogP contribution in [-0.2, 0) is 4.74 Å². The van der Waals surface area contributed by atoms with Crippen LogP contribution in [0.3, 0.4) is 0 Å². The van der Waals surface area contributed by atoms with E-state index in [0.29, 0.717) is 0 Å². The van der Waals surface area contributed by atoms with Crippen molar-refractivity contribution >= 4 is 5.69 Å². The summed E-state index contributed by atoms with van der Waals surface area (Å²) in [6.07, 6.45) is 0. The molecule has 0 bridgehead atoms. The van der Waals surface area contributed by atoms with Crippen molar-refractivity contribution in [3.8, 4) is 5.75 Å². The molecule has 5 heteroatoms. The third-order valence-electron chi connectivity index (χ3n) is 1.55. The maximum absolute atomic E-state index is 13.1. The van der Waals surface area contributed by atoms with E-state index < -0.39 is 17.4 Å². The second-order valence-corrected chi connectivity index (χ2v) is 2.65. The third kappa shape index (κ3) is 2.56. The van der Waals surface area contributed by atoms with Crippen LogP contribution in [0, 0.1) is 11.6 Å². The van der Waals surface area contributed by atoms with Gasteiger partial charge in [0.15, 0.2) is 17.4 Å². The minimum absolute atomic E-state index is 0.0269. The Hall–Kier alpha value is -1.36. The van der Waals surface area contributed by atoms with Gasteiger partial charge in [0.1, 0.15) is 6.61 Å². The zero-order chi connectivity index (χ0) is 10.6.